The maximum atomic E-state index is 14.4. The fraction of sp³-hybridized carbons (Fsp3) is 0.361. The Morgan fingerprint density at radius 3 is 2.51 bits per heavy atom. The molecule has 4 atom stereocenters. The summed E-state index contributed by atoms with van der Waals surface area (Å²) in [5.74, 6) is -2.79. The molecule has 1 fully saturated rings. The quantitative estimate of drug-likeness (QED) is 0.188. The predicted octanol–water partition coefficient (Wildman–Crippen LogP) is 4.43. The molecule has 2 aliphatic rings. The van der Waals surface area contributed by atoms with E-state index in [1.165, 1.54) is 17.0 Å². The van der Waals surface area contributed by atoms with Crippen molar-refractivity contribution in [3.05, 3.63) is 104 Å². The van der Waals surface area contributed by atoms with Crippen LogP contribution in [0.1, 0.15) is 36.5 Å². The first kappa shape index (κ1) is 36.5. The van der Waals surface area contributed by atoms with Gasteiger partial charge >= 0.3 is 5.97 Å². The number of hydrogen-bond donors (Lipinski definition) is 4. The van der Waals surface area contributed by atoms with Crippen LogP contribution in [0.2, 0.25) is 5.02 Å². The smallest absolute Gasteiger partial charge is 0.335 e. The third kappa shape index (κ3) is 8.68. The normalized spacial score (nSPS) is 18.5. The second kappa shape index (κ2) is 16.3. The van der Waals surface area contributed by atoms with Crippen LogP contribution >= 0.6 is 27.5 Å². The zero-order valence-corrected chi connectivity index (χ0v) is 29.2. The van der Waals surface area contributed by atoms with E-state index in [4.69, 9.17) is 21.4 Å². The molecule has 1 saturated heterocycles. The lowest BCUT2D eigenvalue weighted by molar-refractivity contribution is -0.163. The van der Waals surface area contributed by atoms with Crippen molar-refractivity contribution in [2.75, 3.05) is 26.2 Å². The van der Waals surface area contributed by atoms with Gasteiger partial charge in [-0.3, -0.25) is 9.59 Å². The Kier molecular flexibility index (Phi) is 12.1. The lowest BCUT2D eigenvalue weighted by Crippen LogP contribution is -2.64. The van der Waals surface area contributed by atoms with Crippen molar-refractivity contribution in [1.82, 2.24) is 15.1 Å². The van der Waals surface area contributed by atoms with Gasteiger partial charge < -0.3 is 35.2 Å². The molecule has 260 valence electrons. The van der Waals surface area contributed by atoms with Crippen LogP contribution in [0.3, 0.4) is 0 Å². The van der Waals surface area contributed by atoms with Crippen LogP contribution in [-0.4, -0.2) is 93.4 Å². The number of nitrogens with one attached hydrogen (secondary N) is 1. The van der Waals surface area contributed by atoms with Crippen LogP contribution < -0.4 is 10.1 Å². The second-order valence-corrected chi connectivity index (χ2v) is 13.4. The average molecular weight is 759 g/mol. The number of piperazine rings is 1. The van der Waals surface area contributed by atoms with Crippen LogP contribution in [0, 0.1) is 5.82 Å². The SMILES string of the molecule is CCN(Cc1ccccc1Cl)C(=O)C1=C(c2ccc(CCCOc3cc(F)ccc3Br)cc2)C[C@@H]2CN(C(=O)[C@@H](O)[C@@H](O)C(=O)O)C[C@H]1N2. The van der Waals surface area contributed by atoms with E-state index in [0.29, 0.717) is 53.2 Å². The number of carboxylic acid groups (broad SMARTS) is 1. The Morgan fingerprint density at radius 1 is 1.08 bits per heavy atom. The number of rotatable bonds is 13. The number of nitrogens with zero attached hydrogens (tertiary/aromatic N) is 2. The highest BCUT2D eigenvalue weighted by Crippen LogP contribution is 2.35. The molecule has 3 aromatic rings. The van der Waals surface area contributed by atoms with Crippen molar-refractivity contribution in [1.29, 1.82) is 0 Å². The maximum Gasteiger partial charge on any atom is 0.335 e. The highest BCUT2D eigenvalue weighted by atomic mass is 79.9. The molecule has 2 amide bonds. The Bertz CT molecular complexity index is 1720. The first-order valence-corrected chi connectivity index (χ1v) is 17.2. The van der Waals surface area contributed by atoms with Gasteiger partial charge in [0.25, 0.3) is 11.8 Å². The highest BCUT2D eigenvalue weighted by molar-refractivity contribution is 9.10. The molecule has 0 saturated carbocycles. The Hall–Kier alpha value is -3.81. The number of aliphatic carboxylic acids is 1. The van der Waals surface area contributed by atoms with Crippen molar-refractivity contribution in [2.45, 2.75) is 57.0 Å². The van der Waals surface area contributed by atoms with Crippen LogP contribution in [0.5, 0.6) is 5.75 Å². The van der Waals surface area contributed by atoms with Gasteiger partial charge in [-0.2, -0.15) is 0 Å². The number of aliphatic hydroxyl groups is 2. The number of ether oxygens (including phenoxy) is 1. The Morgan fingerprint density at radius 2 is 1.82 bits per heavy atom. The molecule has 2 bridgehead atoms. The minimum atomic E-state index is -2.27. The number of halogens is 3. The van der Waals surface area contributed by atoms with Crippen molar-refractivity contribution in [3.8, 4) is 5.75 Å². The molecule has 0 aromatic heterocycles. The molecular formula is C36H38BrClFN3O7. The van der Waals surface area contributed by atoms with Crippen molar-refractivity contribution in [2.24, 2.45) is 0 Å². The van der Waals surface area contributed by atoms with Gasteiger partial charge in [0.05, 0.1) is 17.1 Å². The number of hydrogen-bond acceptors (Lipinski definition) is 7. The highest BCUT2D eigenvalue weighted by Gasteiger charge is 2.43. The predicted molar refractivity (Wildman–Crippen MR) is 185 cm³/mol. The zero-order valence-electron chi connectivity index (χ0n) is 26.8. The van der Waals surface area contributed by atoms with Gasteiger partial charge in [-0.15, -0.1) is 0 Å². The van der Waals surface area contributed by atoms with E-state index in [0.717, 1.165) is 22.3 Å². The summed E-state index contributed by atoms with van der Waals surface area (Å²) in [6, 6.07) is 18.6. The Balaban J connectivity index is 1.39. The van der Waals surface area contributed by atoms with Gasteiger partial charge in [-0.25, -0.2) is 9.18 Å². The zero-order chi connectivity index (χ0) is 35.2. The number of aryl methyl sites for hydroxylation is 1. The van der Waals surface area contributed by atoms with Crippen molar-refractivity contribution in [3.63, 3.8) is 0 Å². The second-order valence-electron chi connectivity index (χ2n) is 12.1. The molecule has 0 spiro atoms. The molecule has 2 heterocycles. The summed E-state index contributed by atoms with van der Waals surface area (Å²) < 4.78 is 20.0. The van der Waals surface area contributed by atoms with E-state index in [1.54, 1.807) is 17.0 Å². The number of likely N-dealkylation sites (N-methyl/N-ethyl adjacent to an activating group) is 1. The Labute approximate surface area is 297 Å². The molecular weight excluding hydrogens is 721 g/mol. The van der Waals surface area contributed by atoms with E-state index in [9.17, 15) is 29.0 Å². The monoisotopic (exact) mass is 757 g/mol. The standard InChI is InChI=1S/C36H38BrClFN3O7/c1-2-41(18-23-7-3-4-8-28(23)38)34(45)31-26(17-25-19-42(20-29(31)40-25)35(46)32(43)33(44)36(47)48)22-11-9-21(10-12-22)6-5-15-49-30-16-24(39)13-14-27(30)37/h3-4,7-14,16,25,29,32-33,40,43-44H,2,5-6,15,17-20H2,1H3,(H,47,48)/t25-,29-,32+,33-/m1/s1. The van der Waals surface area contributed by atoms with Crippen LogP contribution in [0.15, 0.2) is 76.8 Å². The summed E-state index contributed by atoms with van der Waals surface area (Å²) in [5.41, 5.74) is 4.01. The van der Waals surface area contributed by atoms with Crippen molar-refractivity contribution < 1.29 is 38.8 Å². The van der Waals surface area contributed by atoms with Crippen LogP contribution in [-0.2, 0) is 27.3 Å². The summed E-state index contributed by atoms with van der Waals surface area (Å²) in [7, 11) is 0. The number of fused-ring (bicyclic) bond motifs is 2. The lowest BCUT2D eigenvalue weighted by atomic mass is 9.82. The third-order valence-electron chi connectivity index (χ3n) is 8.80. The van der Waals surface area contributed by atoms with Gasteiger partial charge in [0, 0.05) is 48.9 Å². The fourth-order valence-electron chi connectivity index (χ4n) is 6.25. The van der Waals surface area contributed by atoms with Gasteiger partial charge in [0.15, 0.2) is 12.2 Å². The van der Waals surface area contributed by atoms with Crippen LogP contribution in [0.4, 0.5) is 4.39 Å². The average Bonchev–Trinajstić information content (AvgIpc) is 3.09. The van der Waals surface area contributed by atoms with Crippen molar-refractivity contribution >= 4 is 50.9 Å². The number of amides is 2. The summed E-state index contributed by atoms with van der Waals surface area (Å²) in [6.07, 6.45) is -2.61. The largest absolute Gasteiger partial charge is 0.492 e. The minimum absolute atomic E-state index is 0.00748. The van der Waals surface area contributed by atoms with E-state index < -0.39 is 30.1 Å². The van der Waals surface area contributed by atoms with Gasteiger partial charge in [0.2, 0.25) is 0 Å². The maximum absolute atomic E-state index is 14.4. The lowest BCUT2D eigenvalue weighted by Gasteiger charge is -2.45. The van der Waals surface area contributed by atoms with E-state index in [1.807, 2.05) is 49.4 Å². The number of benzene rings is 3. The summed E-state index contributed by atoms with van der Waals surface area (Å²) in [5, 5.41) is 33.3. The molecule has 3 aromatic carbocycles. The van der Waals surface area contributed by atoms with E-state index >= 15 is 0 Å². The first-order valence-electron chi connectivity index (χ1n) is 16.0. The first-order chi connectivity index (χ1) is 23.5. The van der Waals surface area contributed by atoms with Gasteiger partial charge in [-0.1, -0.05) is 54.1 Å². The van der Waals surface area contributed by atoms with E-state index in [-0.39, 0.29) is 37.4 Å². The number of carbonyl (C=O) groups excluding carboxylic acids is 2. The summed E-state index contributed by atoms with van der Waals surface area (Å²) in [4.78, 5) is 41.8. The topological polar surface area (TPSA) is 140 Å². The molecule has 10 nitrogen and oxygen atoms in total. The molecule has 4 N–H and O–H groups in total. The molecule has 49 heavy (non-hydrogen) atoms. The molecule has 2 aliphatic heterocycles. The molecule has 13 heteroatoms. The molecule has 0 unspecified atom stereocenters. The summed E-state index contributed by atoms with van der Waals surface area (Å²) >= 11 is 9.81. The number of carbonyl (C=O) groups is 3. The minimum Gasteiger partial charge on any atom is -0.492 e. The summed E-state index contributed by atoms with van der Waals surface area (Å²) in [6.45, 7) is 3.07. The van der Waals surface area contributed by atoms with Gasteiger partial charge in [0.1, 0.15) is 11.6 Å². The third-order valence-corrected chi connectivity index (χ3v) is 9.83. The number of carboxylic acids is 1. The fourth-order valence-corrected chi connectivity index (χ4v) is 6.81. The molecule has 0 aliphatic carbocycles. The molecule has 5 rings (SSSR count). The van der Waals surface area contributed by atoms with Gasteiger partial charge in [-0.05, 0) is 82.6 Å². The number of aliphatic hydroxyl groups excluding tert-OH is 2. The van der Waals surface area contributed by atoms with Crippen LogP contribution in [0.25, 0.3) is 5.57 Å². The van der Waals surface area contributed by atoms with E-state index in [2.05, 4.69) is 21.2 Å². The molecule has 0 radical (unpaired) electrons.